The standard InChI is InChI=1S/C14H22N2O8.C13H20N2O8.C13H20N2O5.C12H20N2O6.C10H16N2O5/c1-7(18)11(13(21)22)16-9-4-14(23,6-17)3-8(12(9)24-2)15-5-10(19)20;1-23-11-7(14-4-10(18)19)2-13(22,6-17)3-8(11)15-9(5-16)12(20)21;1-3-4-14-9-5-13(19,8-16)6-10(12(9)20-2)15-7-11(17)18;1-20-11-8(13-2-3-15)4-12(19,7-16)5-9(11)14-6-10(17)18;1-17-9-6(11)2-10(16,5-13)3-7(9)12-4-8(14)15/h7,11,16-18,23H,3-6H2,1-2H3,(H,19,20)(H,21,22);9,15-17,22H,2-6H2,1H3,(H,18,19)(H,20,21);3-4,14,16,19H,5-8H2,1-2H3,(H,17,18);13,15-16,19H,2-7H2,1H3,(H,17,18);13,16H,2-5,11H2,1H3,(H,14,15)/b;;4-3+,15-10?;;/t7-,11+,14?;9-,13?;;;/m10.../s1. The highest BCUT2D eigenvalue weighted by Crippen LogP contribution is 2.35. The Kier molecular flexibility index (Phi) is 39.4. The Labute approximate surface area is 594 Å². The van der Waals surface area contributed by atoms with Gasteiger partial charge in [0.1, 0.15) is 38.8 Å². The van der Waals surface area contributed by atoms with Crippen LogP contribution in [0, 0.1) is 0 Å². The molecule has 0 bridgehead atoms. The lowest BCUT2D eigenvalue weighted by molar-refractivity contribution is -0.142. The number of rotatable bonds is 33. The molecule has 0 spiro atoms. The summed E-state index contributed by atoms with van der Waals surface area (Å²) in [6.07, 6.45) is 1.94. The molecule has 5 aliphatic carbocycles. The Balaban J connectivity index is 0.000000653. The second kappa shape index (κ2) is 44.3. The van der Waals surface area contributed by atoms with Crippen molar-refractivity contribution in [1.29, 1.82) is 0 Å². The maximum atomic E-state index is 11.2. The predicted octanol–water partition coefficient (Wildman–Crippen LogP) is -6.44. The van der Waals surface area contributed by atoms with Crippen molar-refractivity contribution >= 4 is 70.3 Å². The predicted molar refractivity (Wildman–Crippen MR) is 361 cm³/mol. The van der Waals surface area contributed by atoms with E-state index in [1.807, 2.05) is 6.92 Å². The Hall–Kier alpha value is -9.44. The van der Waals surface area contributed by atoms with Crippen LogP contribution in [0.1, 0.15) is 78.1 Å². The zero-order valence-electron chi connectivity index (χ0n) is 58.3. The van der Waals surface area contributed by atoms with Gasteiger partial charge in [-0.25, -0.2) is 9.59 Å². The number of nitrogens with two attached hydrogens (primary N) is 1. The van der Waals surface area contributed by atoms with Crippen molar-refractivity contribution in [2.45, 2.75) is 124 Å². The van der Waals surface area contributed by atoms with E-state index in [4.69, 9.17) is 80.5 Å². The summed E-state index contributed by atoms with van der Waals surface area (Å²) in [7, 11) is 6.82. The van der Waals surface area contributed by atoms with Crippen LogP contribution in [-0.4, -0.2) is 340 Å². The number of aliphatic carboxylic acids is 7. The molecule has 0 aromatic carbocycles. The van der Waals surface area contributed by atoms with Crippen molar-refractivity contribution in [1.82, 2.24) is 21.3 Å². The molecular formula is C62H98N10O32. The molecule has 5 aliphatic rings. The molecular weight excluding hydrogens is 1400 g/mol. The van der Waals surface area contributed by atoms with E-state index >= 15 is 0 Å². The van der Waals surface area contributed by atoms with Crippen molar-refractivity contribution in [2.24, 2.45) is 30.7 Å². The van der Waals surface area contributed by atoms with Crippen LogP contribution in [0.25, 0.3) is 0 Å². The van der Waals surface area contributed by atoms with E-state index in [-0.39, 0.29) is 135 Å². The van der Waals surface area contributed by atoms with E-state index in [0.29, 0.717) is 28.6 Å². The molecule has 0 radical (unpaired) electrons. The second-order valence-corrected chi connectivity index (χ2v) is 23.8. The summed E-state index contributed by atoms with van der Waals surface area (Å²) in [4.78, 5) is 94.6. The fourth-order valence-electron chi connectivity index (χ4n) is 10.3. The fourth-order valence-corrected chi connectivity index (χ4v) is 10.3. The molecule has 0 aromatic rings. The van der Waals surface area contributed by atoms with Gasteiger partial charge in [-0.3, -0.25) is 48.9 Å². The molecule has 0 fully saturated rings. The highest BCUT2D eigenvalue weighted by Gasteiger charge is 2.43. The molecule has 0 saturated carbocycles. The molecule has 0 heterocycles. The number of hydrogen-bond acceptors (Lipinski definition) is 35. The number of nitrogens with zero attached hydrogens (tertiary/aromatic N) is 5. The van der Waals surface area contributed by atoms with Crippen LogP contribution in [-0.2, 0) is 57.2 Å². The van der Waals surface area contributed by atoms with Crippen molar-refractivity contribution in [2.75, 3.05) is 121 Å². The smallest absolute Gasteiger partial charge is 0.328 e. The lowest BCUT2D eigenvalue weighted by Crippen LogP contribution is -2.49. The van der Waals surface area contributed by atoms with Gasteiger partial charge in [0.25, 0.3) is 0 Å². The van der Waals surface area contributed by atoms with Crippen LogP contribution >= 0.6 is 0 Å². The summed E-state index contributed by atoms with van der Waals surface area (Å²) in [6.45, 7) is -2.62. The Morgan fingerprint density at radius 1 is 0.442 bits per heavy atom. The Morgan fingerprint density at radius 2 is 0.731 bits per heavy atom. The average molecular weight is 1500 g/mol. The second-order valence-electron chi connectivity index (χ2n) is 23.8. The van der Waals surface area contributed by atoms with E-state index < -0.39 is 160 Å². The number of aliphatic imine (C=N–C) groups is 5. The molecule has 8 atom stereocenters. The van der Waals surface area contributed by atoms with Gasteiger partial charge in [-0.1, -0.05) is 6.08 Å². The summed E-state index contributed by atoms with van der Waals surface area (Å²) in [5, 5.41) is 197. The topological polar surface area (TPSA) is 706 Å². The highest BCUT2D eigenvalue weighted by atomic mass is 16.5. The number of methoxy groups -OCH3 is 5. The third-order valence-electron chi connectivity index (χ3n) is 15.0. The summed E-state index contributed by atoms with van der Waals surface area (Å²) in [5.74, 6) is -7.10. The van der Waals surface area contributed by atoms with Gasteiger partial charge in [-0.15, -0.1) is 0 Å². The molecule has 0 saturated heterocycles. The minimum atomic E-state index is -1.65. The van der Waals surface area contributed by atoms with Crippen LogP contribution in [0.15, 0.2) is 94.5 Å². The average Bonchev–Trinajstić information content (AvgIpc) is 0.817. The van der Waals surface area contributed by atoms with Crippen LogP contribution in [0.3, 0.4) is 0 Å². The largest absolute Gasteiger partial charge is 0.493 e. The van der Waals surface area contributed by atoms with Crippen LogP contribution in [0.5, 0.6) is 0 Å². The first-order valence-electron chi connectivity index (χ1n) is 31.3. The van der Waals surface area contributed by atoms with Gasteiger partial charge in [0.05, 0.1) is 173 Å². The first-order chi connectivity index (χ1) is 48.7. The summed E-state index contributed by atoms with van der Waals surface area (Å²) >= 11 is 0. The number of ether oxygens (including phenoxy) is 5. The molecule has 26 N–H and O–H groups in total. The van der Waals surface area contributed by atoms with Gasteiger partial charge in [0.2, 0.25) is 0 Å². The molecule has 588 valence electrons. The quantitative estimate of drug-likeness (QED) is 0.0291. The molecule has 0 aliphatic heterocycles. The van der Waals surface area contributed by atoms with Gasteiger partial charge in [-0.2, -0.15) is 0 Å². The molecule has 42 heteroatoms. The molecule has 42 nitrogen and oxygen atoms in total. The number of carboxylic acids is 7. The van der Waals surface area contributed by atoms with E-state index in [2.05, 4.69) is 46.2 Å². The summed E-state index contributed by atoms with van der Waals surface area (Å²) < 4.78 is 25.8. The number of carbonyl (C=O) groups is 7. The molecule has 104 heavy (non-hydrogen) atoms. The third-order valence-corrected chi connectivity index (χ3v) is 15.0. The third kappa shape index (κ3) is 30.1. The van der Waals surface area contributed by atoms with Gasteiger partial charge in [0, 0.05) is 70.8 Å². The normalized spacial score (nSPS) is 25.4. The van der Waals surface area contributed by atoms with Crippen LogP contribution < -0.4 is 27.0 Å². The van der Waals surface area contributed by atoms with E-state index in [9.17, 15) is 84.6 Å². The van der Waals surface area contributed by atoms with Crippen molar-refractivity contribution in [3.63, 3.8) is 0 Å². The van der Waals surface area contributed by atoms with Crippen molar-refractivity contribution in [3.8, 4) is 0 Å². The van der Waals surface area contributed by atoms with Gasteiger partial charge in [0.15, 0.2) is 34.8 Å². The van der Waals surface area contributed by atoms with Crippen LogP contribution in [0.2, 0.25) is 0 Å². The maximum Gasteiger partial charge on any atom is 0.328 e. The number of hydrogen-bond donors (Lipinski definition) is 25. The number of nitrogens with one attached hydrogen (secondary N) is 4. The van der Waals surface area contributed by atoms with Gasteiger partial charge < -0.3 is 153 Å². The van der Waals surface area contributed by atoms with Crippen molar-refractivity contribution in [3.05, 3.63) is 69.6 Å². The van der Waals surface area contributed by atoms with E-state index in [1.54, 1.807) is 12.3 Å². The van der Waals surface area contributed by atoms with Gasteiger partial charge in [-0.05, 0) is 20.0 Å². The van der Waals surface area contributed by atoms with E-state index in [1.165, 1.54) is 42.5 Å². The van der Waals surface area contributed by atoms with Crippen molar-refractivity contribution < 1.29 is 159 Å². The fraction of sp³-hybridized carbons (Fsp3) is 0.613. The number of allylic oxidation sites excluding steroid dienone is 6. The highest BCUT2D eigenvalue weighted by molar-refractivity contribution is 6.04. The molecule has 5 rings (SSSR count). The number of carboxylic acid groups (broad SMARTS) is 7. The lowest BCUT2D eigenvalue weighted by Gasteiger charge is -2.35. The molecule has 5 unspecified atom stereocenters. The zero-order valence-corrected chi connectivity index (χ0v) is 58.3. The molecule has 0 aromatic heterocycles. The summed E-state index contributed by atoms with van der Waals surface area (Å²) in [5.41, 5.74) is 0.746. The van der Waals surface area contributed by atoms with Crippen LogP contribution in [0.4, 0.5) is 0 Å². The first-order valence-corrected chi connectivity index (χ1v) is 31.3. The lowest BCUT2D eigenvalue weighted by atomic mass is 9.85. The Morgan fingerprint density at radius 3 is 1.00 bits per heavy atom. The molecule has 0 amide bonds. The monoisotopic (exact) mass is 1490 g/mol. The Bertz CT molecular complexity index is 3330. The minimum Gasteiger partial charge on any atom is -0.493 e. The van der Waals surface area contributed by atoms with E-state index in [0.717, 1.165) is 0 Å². The maximum absolute atomic E-state index is 11.2. The summed E-state index contributed by atoms with van der Waals surface area (Å²) in [6, 6.07) is -2.73. The first kappa shape index (κ1) is 92.6. The number of aliphatic hydroxyl groups excluding tert-OH is 8. The van der Waals surface area contributed by atoms with Gasteiger partial charge >= 0.3 is 41.8 Å². The zero-order chi connectivity index (χ0) is 79.5. The SMILES string of the molecule is C/C=C/NC1=C(OC)C(=NCC(=O)O)CC(O)(CO)C1.COC1=C(N)CC(O)(CO)CC1=NCC(=O)O.COC1=C(NCCO)CC(O)(CO)CC1=NCC(=O)O.COC1=C(N[C@@H](CO)C(=O)O)CC(O)(CO)CC1=NCC(=O)O.COC1=C(N[C@H](C(=O)O)[C@@H](C)O)CC(O)(CO)CC1=NCC(=O)O. The number of aliphatic hydroxyl groups is 13. The minimum absolute atomic E-state index is 0.00422.